The Labute approximate surface area is 163 Å². The third-order valence-electron chi connectivity index (χ3n) is 4.34. The molecule has 28 heavy (non-hydrogen) atoms. The van der Waals surface area contributed by atoms with E-state index in [1.807, 2.05) is 43.3 Å². The van der Waals surface area contributed by atoms with Crippen molar-refractivity contribution in [2.24, 2.45) is 0 Å². The summed E-state index contributed by atoms with van der Waals surface area (Å²) in [6.45, 7) is 1.91. The van der Waals surface area contributed by atoms with Crippen molar-refractivity contribution in [2.75, 3.05) is 5.32 Å². The number of benzene rings is 3. The first-order valence-electron chi connectivity index (χ1n) is 8.85. The monoisotopic (exact) mass is 369 g/mol. The standard InChI is InChI=1S/C23H19N3O2/c1-16(18-7-3-2-4-8-18)25-23(28)20-9-5-6-10-21(20)26-22(27)19-13-11-17(15-24)12-14-19/h2-14,16H,1H3,(H,25,28)(H,26,27)/t16-/m1/s1. The molecule has 0 saturated carbocycles. The molecule has 3 rings (SSSR count). The summed E-state index contributed by atoms with van der Waals surface area (Å²) in [5.74, 6) is -0.618. The van der Waals surface area contributed by atoms with Crippen LogP contribution < -0.4 is 10.6 Å². The molecule has 0 aromatic heterocycles. The van der Waals surface area contributed by atoms with Crippen molar-refractivity contribution in [1.29, 1.82) is 5.26 Å². The summed E-state index contributed by atoms with van der Waals surface area (Å²) in [5, 5.41) is 14.6. The van der Waals surface area contributed by atoms with Crippen molar-refractivity contribution in [3.05, 3.63) is 101 Å². The molecule has 0 aliphatic carbocycles. The number of rotatable bonds is 5. The van der Waals surface area contributed by atoms with Crippen LogP contribution in [0.15, 0.2) is 78.9 Å². The maximum Gasteiger partial charge on any atom is 0.255 e. The Morgan fingerprint density at radius 2 is 1.50 bits per heavy atom. The summed E-state index contributed by atoms with van der Waals surface area (Å²) in [6.07, 6.45) is 0. The van der Waals surface area contributed by atoms with Crippen molar-refractivity contribution in [2.45, 2.75) is 13.0 Å². The number of amides is 2. The molecule has 5 heteroatoms. The SMILES string of the molecule is C[C@@H](NC(=O)c1ccccc1NC(=O)c1ccc(C#N)cc1)c1ccccc1. The minimum absolute atomic E-state index is 0.170. The lowest BCUT2D eigenvalue weighted by Gasteiger charge is -2.16. The van der Waals surface area contributed by atoms with E-state index in [4.69, 9.17) is 5.26 Å². The molecular formula is C23H19N3O2. The Balaban J connectivity index is 1.76. The third kappa shape index (κ3) is 4.43. The van der Waals surface area contributed by atoms with E-state index in [9.17, 15) is 9.59 Å². The molecule has 5 nitrogen and oxygen atoms in total. The highest BCUT2D eigenvalue weighted by Crippen LogP contribution is 2.19. The van der Waals surface area contributed by atoms with Crippen LogP contribution in [0.1, 0.15) is 44.8 Å². The maximum absolute atomic E-state index is 12.8. The normalized spacial score (nSPS) is 11.1. The van der Waals surface area contributed by atoms with Gasteiger partial charge in [-0.05, 0) is 48.9 Å². The highest BCUT2D eigenvalue weighted by molar-refractivity contribution is 6.09. The van der Waals surface area contributed by atoms with Crippen LogP contribution in [0.2, 0.25) is 0 Å². The number of nitrogens with one attached hydrogen (secondary N) is 2. The molecular weight excluding hydrogens is 350 g/mol. The van der Waals surface area contributed by atoms with Gasteiger partial charge in [0.25, 0.3) is 11.8 Å². The van der Waals surface area contributed by atoms with Gasteiger partial charge in [0.15, 0.2) is 0 Å². The second-order valence-corrected chi connectivity index (χ2v) is 6.29. The van der Waals surface area contributed by atoms with Crippen LogP contribution in [0.5, 0.6) is 0 Å². The van der Waals surface area contributed by atoms with Crippen LogP contribution in [0.4, 0.5) is 5.69 Å². The van der Waals surface area contributed by atoms with E-state index in [0.717, 1.165) is 5.56 Å². The van der Waals surface area contributed by atoms with Gasteiger partial charge in [-0.25, -0.2) is 0 Å². The molecule has 3 aromatic carbocycles. The van der Waals surface area contributed by atoms with Gasteiger partial charge < -0.3 is 10.6 Å². The smallest absolute Gasteiger partial charge is 0.255 e. The first-order chi connectivity index (χ1) is 13.6. The minimum atomic E-state index is -0.346. The zero-order valence-corrected chi connectivity index (χ0v) is 15.3. The minimum Gasteiger partial charge on any atom is -0.345 e. The average Bonchev–Trinajstić information content (AvgIpc) is 2.74. The molecule has 0 saturated heterocycles. The number of hydrogen-bond acceptors (Lipinski definition) is 3. The summed E-state index contributed by atoms with van der Waals surface area (Å²) in [5.41, 5.74) is 2.69. The molecule has 2 amide bonds. The van der Waals surface area contributed by atoms with E-state index < -0.39 is 0 Å². The fourth-order valence-electron chi connectivity index (χ4n) is 2.78. The molecule has 0 aliphatic rings. The summed E-state index contributed by atoms with van der Waals surface area (Å²) in [6, 6.07) is 24.7. The highest BCUT2D eigenvalue weighted by Gasteiger charge is 2.16. The molecule has 0 heterocycles. The van der Waals surface area contributed by atoms with Crippen molar-refractivity contribution >= 4 is 17.5 Å². The molecule has 0 aliphatic heterocycles. The quantitative estimate of drug-likeness (QED) is 0.703. The number of para-hydroxylation sites is 1. The average molecular weight is 369 g/mol. The lowest BCUT2D eigenvalue weighted by molar-refractivity contribution is 0.0941. The Morgan fingerprint density at radius 3 is 2.18 bits per heavy atom. The maximum atomic E-state index is 12.8. The van der Waals surface area contributed by atoms with Crippen LogP contribution in [0, 0.1) is 11.3 Å². The number of carbonyl (C=O) groups excluding carboxylic acids is 2. The zero-order valence-electron chi connectivity index (χ0n) is 15.3. The van der Waals surface area contributed by atoms with Gasteiger partial charge in [-0.2, -0.15) is 5.26 Å². The predicted octanol–water partition coefficient (Wildman–Crippen LogP) is 4.30. The fourth-order valence-corrected chi connectivity index (χ4v) is 2.78. The molecule has 0 unspecified atom stereocenters. The van der Waals surface area contributed by atoms with Gasteiger partial charge in [0, 0.05) is 5.56 Å². The van der Waals surface area contributed by atoms with Gasteiger partial charge in [0.1, 0.15) is 0 Å². The number of nitriles is 1. The molecule has 0 radical (unpaired) electrons. The van der Waals surface area contributed by atoms with Gasteiger partial charge in [-0.1, -0.05) is 42.5 Å². The largest absolute Gasteiger partial charge is 0.345 e. The zero-order chi connectivity index (χ0) is 19.9. The Morgan fingerprint density at radius 1 is 0.857 bits per heavy atom. The summed E-state index contributed by atoms with van der Waals surface area (Å²) < 4.78 is 0. The Bertz CT molecular complexity index is 1020. The Hall–Kier alpha value is -3.91. The lowest BCUT2D eigenvalue weighted by Crippen LogP contribution is -2.28. The van der Waals surface area contributed by atoms with E-state index in [2.05, 4.69) is 10.6 Å². The molecule has 1 atom stereocenters. The highest BCUT2D eigenvalue weighted by atomic mass is 16.2. The predicted molar refractivity (Wildman–Crippen MR) is 108 cm³/mol. The van der Waals surface area contributed by atoms with Gasteiger partial charge in [0.05, 0.1) is 28.9 Å². The van der Waals surface area contributed by atoms with E-state index in [1.165, 1.54) is 0 Å². The van der Waals surface area contributed by atoms with E-state index in [0.29, 0.717) is 22.4 Å². The van der Waals surface area contributed by atoms with E-state index >= 15 is 0 Å². The molecule has 0 bridgehead atoms. The van der Waals surface area contributed by atoms with Crippen LogP contribution in [-0.4, -0.2) is 11.8 Å². The fraction of sp³-hybridized carbons (Fsp3) is 0.0870. The number of anilines is 1. The molecule has 138 valence electrons. The summed E-state index contributed by atoms with van der Waals surface area (Å²) in [4.78, 5) is 25.3. The first-order valence-corrected chi connectivity index (χ1v) is 8.85. The third-order valence-corrected chi connectivity index (χ3v) is 4.34. The van der Waals surface area contributed by atoms with Gasteiger partial charge in [-0.15, -0.1) is 0 Å². The summed E-state index contributed by atoms with van der Waals surface area (Å²) >= 11 is 0. The molecule has 3 aromatic rings. The topological polar surface area (TPSA) is 82.0 Å². The Kier molecular flexibility index (Phi) is 5.83. The summed E-state index contributed by atoms with van der Waals surface area (Å²) in [7, 11) is 0. The van der Waals surface area contributed by atoms with Crippen molar-refractivity contribution in [3.8, 4) is 6.07 Å². The van der Waals surface area contributed by atoms with Crippen LogP contribution in [-0.2, 0) is 0 Å². The van der Waals surface area contributed by atoms with Gasteiger partial charge >= 0.3 is 0 Å². The first kappa shape index (κ1) is 18.9. The van der Waals surface area contributed by atoms with E-state index in [-0.39, 0.29) is 17.9 Å². The second kappa shape index (κ2) is 8.65. The van der Waals surface area contributed by atoms with Crippen molar-refractivity contribution in [1.82, 2.24) is 5.32 Å². The number of nitrogens with zero attached hydrogens (tertiary/aromatic N) is 1. The molecule has 0 spiro atoms. The lowest BCUT2D eigenvalue weighted by atomic mass is 10.1. The molecule has 0 fully saturated rings. The van der Waals surface area contributed by atoms with Crippen LogP contribution in [0.3, 0.4) is 0 Å². The van der Waals surface area contributed by atoms with Crippen LogP contribution in [0.25, 0.3) is 0 Å². The van der Waals surface area contributed by atoms with Crippen molar-refractivity contribution in [3.63, 3.8) is 0 Å². The van der Waals surface area contributed by atoms with Crippen LogP contribution >= 0.6 is 0 Å². The van der Waals surface area contributed by atoms with Crippen molar-refractivity contribution < 1.29 is 9.59 Å². The van der Waals surface area contributed by atoms with E-state index in [1.54, 1.807) is 48.5 Å². The number of hydrogen-bond donors (Lipinski definition) is 2. The molecule has 2 N–H and O–H groups in total. The second-order valence-electron chi connectivity index (χ2n) is 6.29. The van der Waals surface area contributed by atoms with Gasteiger partial charge in [-0.3, -0.25) is 9.59 Å². The number of carbonyl (C=O) groups is 2. The van der Waals surface area contributed by atoms with Gasteiger partial charge in [0.2, 0.25) is 0 Å².